The molecule has 1 atom stereocenters. The molecule has 0 radical (unpaired) electrons. The number of aryl methyl sites for hydroxylation is 1. The van der Waals surface area contributed by atoms with E-state index in [2.05, 4.69) is 6.58 Å². The lowest BCUT2D eigenvalue weighted by Gasteiger charge is -2.12. The van der Waals surface area contributed by atoms with Crippen LogP contribution in [0.3, 0.4) is 0 Å². The molecule has 19 heavy (non-hydrogen) atoms. The van der Waals surface area contributed by atoms with Crippen LogP contribution in [0.2, 0.25) is 0 Å². The fraction of sp³-hybridized carbons (Fsp3) is 0.267. The van der Waals surface area contributed by atoms with Crippen molar-refractivity contribution in [3.05, 3.63) is 54.1 Å². The second-order valence-electron chi connectivity index (χ2n) is 4.30. The number of aromatic hydroxyl groups is 1. The molecule has 0 saturated heterocycles. The number of phenolic OH excluding ortho intramolecular Hbond substituents is 1. The number of benzene rings is 1. The van der Waals surface area contributed by atoms with Gasteiger partial charge in [0.2, 0.25) is 0 Å². The van der Waals surface area contributed by atoms with Gasteiger partial charge in [0.1, 0.15) is 11.8 Å². The van der Waals surface area contributed by atoms with Crippen molar-refractivity contribution in [3.63, 3.8) is 0 Å². The fourth-order valence-corrected chi connectivity index (χ4v) is 1.80. The van der Waals surface area contributed by atoms with Gasteiger partial charge in [0.25, 0.3) is 0 Å². The zero-order chi connectivity index (χ0) is 14.3. The summed E-state index contributed by atoms with van der Waals surface area (Å²) in [7, 11) is 0. The van der Waals surface area contributed by atoms with Crippen LogP contribution in [0, 0.1) is 0 Å². The number of nitrogens with two attached hydrogens (primary N) is 1. The zero-order valence-electron chi connectivity index (χ0n) is 10.7. The van der Waals surface area contributed by atoms with Crippen molar-refractivity contribution in [2.24, 2.45) is 5.73 Å². The molecule has 0 unspecified atom stereocenters. The Kier molecular flexibility index (Phi) is 5.82. The maximum atomic E-state index is 10.8. The molecule has 1 aromatic carbocycles. The van der Waals surface area contributed by atoms with Gasteiger partial charge in [-0.3, -0.25) is 4.79 Å². The van der Waals surface area contributed by atoms with E-state index in [1.54, 1.807) is 24.3 Å². The first kappa shape index (κ1) is 15.0. The molecule has 0 aromatic heterocycles. The first-order valence-corrected chi connectivity index (χ1v) is 6.11. The van der Waals surface area contributed by atoms with Crippen molar-refractivity contribution in [1.29, 1.82) is 0 Å². The van der Waals surface area contributed by atoms with E-state index >= 15 is 0 Å². The Morgan fingerprint density at radius 1 is 1.42 bits per heavy atom. The van der Waals surface area contributed by atoms with Gasteiger partial charge in [-0.1, -0.05) is 30.9 Å². The smallest absolute Gasteiger partial charge is 0.320 e. The van der Waals surface area contributed by atoms with Crippen molar-refractivity contribution >= 4 is 5.97 Å². The highest BCUT2D eigenvalue weighted by molar-refractivity contribution is 5.73. The van der Waals surface area contributed by atoms with Gasteiger partial charge in [0.05, 0.1) is 0 Å². The summed E-state index contributed by atoms with van der Waals surface area (Å²) in [4.78, 5) is 10.8. The monoisotopic (exact) mass is 261 g/mol. The quantitative estimate of drug-likeness (QED) is 0.656. The normalized spacial score (nSPS) is 12.5. The van der Waals surface area contributed by atoms with E-state index < -0.39 is 12.0 Å². The zero-order valence-corrected chi connectivity index (χ0v) is 10.7. The predicted molar refractivity (Wildman–Crippen MR) is 75.1 cm³/mol. The predicted octanol–water partition coefficient (Wildman–Crippen LogP) is 2.02. The third kappa shape index (κ3) is 4.97. The van der Waals surface area contributed by atoms with Crippen LogP contribution in [0.15, 0.2) is 43.0 Å². The summed E-state index contributed by atoms with van der Waals surface area (Å²) >= 11 is 0. The highest BCUT2D eigenvalue weighted by Gasteiger charge is 2.14. The van der Waals surface area contributed by atoms with E-state index in [0.717, 1.165) is 24.0 Å². The first-order valence-electron chi connectivity index (χ1n) is 6.11. The number of carbonyl (C=O) groups is 1. The second kappa shape index (κ2) is 7.38. The summed E-state index contributed by atoms with van der Waals surface area (Å²) in [6, 6.07) is 4.01. The van der Waals surface area contributed by atoms with Crippen LogP contribution >= 0.6 is 0 Å². The molecule has 4 heteroatoms. The second-order valence-corrected chi connectivity index (χ2v) is 4.30. The molecule has 1 aromatic rings. The standard InChI is InChI=1S/C15H19NO3/c1-2-3-4-5-6-11-9-13(17)8-7-12(11)10-14(16)15(18)19/h2-4,7-9,14,17H,1,5-6,10,16H2,(H,18,19)/t14-/m0/s1. The minimum Gasteiger partial charge on any atom is -0.508 e. The van der Waals surface area contributed by atoms with Crippen molar-refractivity contribution in [2.45, 2.75) is 25.3 Å². The fourth-order valence-electron chi connectivity index (χ4n) is 1.80. The third-order valence-electron chi connectivity index (χ3n) is 2.80. The Morgan fingerprint density at radius 2 is 2.16 bits per heavy atom. The summed E-state index contributed by atoms with van der Waals surface area (Å²) in [6.07, 6.45) is 7.30. The van der Waals surface area contributed by atoms with E-state index in [4.69, 9.17) is 10.8 Å². The number of allylic oxidation sites excluding steroid dienone is 3. The van der Waals surface area contributed by atoms with Crippen LogP contribution in [-0.4, -0.2) is 22.2 Å². The molecular formula is C15H19NO3. The van der Waals surface area contributed by atoms with Gasteiger partial charge in [-0.25, -0.2) is 0 Å². The largest absolute Gasteiger partial charge is 0.508 e. The van der Waals surface area contributed by atoms with E-state index in [0.29, 0.717) is 0 Å². The molecular weight excluding hydrogens is 242 g/mol. The molecule has 1 rings (SSSR count). The number of hydrogen-bond donors (Lipinski definition) is 3. The maximum absolute atomic E-state index is 10.8. The van der Waals surface area contributed by atoms with Crippen molar-refractivity contribution in [3.8, 4) is 5.75 Å². The summed E-state index contributed by atoms with van der Waals surface area (Å²) in [5, 5.41) is 18.3. The molecule has 4 nitrogen and oxygen atoms in total. The van der Waals surface area contributed by atoms with Gasteiger partial charge in [-0.15, -0.1) is 0 Å². The van der Waals surface area contributed by atoms with Crippen LogP contribution in [0.5, 0.6) is 5.75 Å². The Bertz CT molecular complexity index is 480. The molecule has 0 fully saturated rings. The van der Waals surface area contributed by atoms with Crippen LogP contribution in [-0.2, 0) is 17.6 Å². The molecule has 0 aliphatic rings. The number of phenols is 1. The average molecular weight is 261 g/mol. The minimum absolute atomic E-state index is 0.176. The summed E-state index contributed by atoms with van der Waals surface area (Å²) < 4.78 is 0. The molecule has 0 amide bonds. The van der Waals surface area contributed by atoms with Gasteiger partial charge in [-0.2, -0.15) is 0 Å². The Morgan fingerprint density at radius 3 is 2.79 bits per heavy atom. The van der Waals surface area contributed by atoms with E-state index in [1.807, 2.05) is 12.2 Å². The maximum Gasteiger partial charge on any atom is 0.320 e. The van der Waals surface area contributed by atoms with E-state index in [9.17, 15) is 9.90 Å². The first-order chi connectivity index (χ1) is 9.04. The number of aliphatic carboxylic acids is 1. The number of carboxylic acids is 1. The number of rotatable bonds is 7. The Balaban J connectivity index is 2.81. The van der Waals surface area contributed by atoms with Crippen molar-refractivity contribution in [2.75, 3.05) is 0 Å². The topological polar surface area (TPSA) is 83.5 Å². The van der Waals surface area contributed by atoms with Crippen LogP contribution in [0.4, 0.5) is 0 Å². The van der Waals surface area contributed by atoms with Crippen molar-refractivity contribution < 1.29 is 15.0 Å². The van der Waals surface area contributed by atoms with Gasteiger partial charge in [-0.05, 0) is 42.5 Å². The van der Waals surface area contributed by atoms with Crippen LogP contribution in [0.25, 0.3) is 0 Å². The van der Waals surface area contributed by atoms with Crippen molar-refractivity contribution in [1.82, 2.24) is 0 Å². The van der Waals surface area contributed by atoms with Gasteiger partial charge in [0.15, 0.2) is 0 Å². The SMILES string of the molecule is C=CC=CCCc1cc(O)ccc1C[C@H](N)C(=O)O. The average Bonchev–Trinajstić information content (AvgIpc) is 2.37. The lowest BCUT2D eigenvalue weighted by molar-refractivity contribution is -0.138. The molecule has 0 bridgehead atoms. The van der Waals surface area contributed by atoms with E-state index in [-0.39, 0.29) is 12.2 Å². The molecule has 0 aliphatic carbocycles. The van der Waals surface area contributed by atoms with Gasteiger partial charge >= 0.3 is 5.97 Å². The lowest BCUT2D eigenvalue weighted by Crippen LogP contribution is -2.32. The van der Waals surface area contributed by atoms with E-state index in [1.165, 1.54) is 0 Å². The number of hydrogen-bond acceptors (Lipinski definition) is 3. The highest BCUT2D eigenvalue weighted by atomic mass is 16.4. The molecule has 0 spiro atoms. The molecule has 0 heterocycles. The van der Waals surface area contributed by atoms with Crippen LogP contribution in [0.1, 0.15) is 17.5 Å². The molecule has 102 valence electrons. The Hall–Kier alpha value is -2.07. The summed E-state index contributed by atoms with van der Waals surface area (Å²) in [5.41, 5.74) is 7.33. The van der Waals surface area contributed by atoms with Gasteiger partial charge < -0.3 is 15.9 Å². The molecule has 0 saturated carbocycles. The highest BCUT2D eigenvalue weighted by Crippen LogP contribution is 2.19. The summed E-state index contributed by atoms with van der Waals surface area (Å²) in [5.74, 6) is -0.846. The lowest BCUT2D eigenvalue weighted by atomic mass is 9.97. The Labute approximate surface area is 112 Å². The van der Waals surface area contributed by atoms with Crippen LogP contribution < -0.4 is 5.73 Å². The summed E-state index contributed by atoms with van der Waals surface area (Å²) in [6.45, 7) is 3.59. The third-order valence-corrected chi connectivity index (χ3v) is 2.80. The minimum atomic E-state index is -1.02. The molecule has 4 N–H and O–H groups in total. The number of carboxylic acid groups (broad SMARTS) is 1. The molecule has 0 aliphatic heterocycles. The van der Waals surface area contributed by atoms with Gasteiger partial charge in [0, 0.05) is 0 Å².